The number of aliphatic hydroxyl groups excluding tert-OH is 1. The van der Waals surface area contributed by atoms with Crippen LogP contribution in [0, 0.1) is 5.92 Å². The Kier molecular flexibility index (Phi) is 3.53. The second-order valence-electron chi connectivity index (χ2n) is 5.05. The molecule has 0 amide bonds. The predicted octanol–water partition coefficient (Wildman–Crippen LogP) is 1.88. The van der Waals surface area contributed by atoms with Crippen molar-refractivity contribution in [3.8, 4) is 0 Å². The molecular weight excluding hydrogens is 180 g/mol. The molecule has 0 unspecified atom stereocenters. The fourth-order valence-corrected chi connectivity index (χ4v) is 1.85. The van der Waals surface area contributed by atoms with E-state index in [2.05, 4.69) is 0 Å². The minimum absolute atomic E-state index is 0.116. The first-order chi connectivity index (χ1) is 6.38. The van der Waals surface area contributed by atoms with Crippen molar-refractivity contribution in [2.45, 2.75) is 58.2 Å². The first-order valence-corrected chi connectivity index (χ1v) is 5.28. The van der Waals surface area contributed by atoms with E-state index in [1.54, 1.807) is 0 Å². The Morgan fingerprint density at radius 3 is 2.50 bits per heavy atom. The summed E-state index contributed by atoms with van der Waals surface area (Å²) in [5.41, 5.74) is -0.416. The minimum atomic E-state index is -0.416. The largest absolute Gasteiger partial charge is 0.460 e. The Hall–Kier alpha value is -0.570. The molecule has 1 rings (SSSR count). The molecule has 1 N–H and O–H groups in total. The van der Waals surface area contributed by atoms with Crippen molar-refractivity contribution >= 4 is 5.97 Å². The van der Waals surface area contributed by atoms with Crippen LogP contribution in [0.15, 0.2) is 0 Å². The third kappa shape index (κ3) is 3.66. The van der Waals surface area contributed by atoms with Crippen LogP contribution in [0.1, 0.15) is 46.5 Å². The van der Waals surface area contributed by atoms with E-state index in [9.17, 15) is 9.90 Å². The molecule has 0 aliphatic heterocycles. The van der Waals surface area contributed by atoms with Crippen molar-refractivity contribution in [2.24, 2.45) is 5.92 Å². The summed E-state index contributed by atoms with van der Waals surface area (Å²) in [5.74, 6) is -0.0756. The molecule has 0 spiro atoms. The van der Waals surface area contributed by atoms with Crippen LogP contribution in [0.4, 0.5) is 0 Å². The summed E-state index contributed by atoms with van der Waals surface area (Å²) in [5, 5.41) is 9.53. The molecule has 1 aliphatic carbocycles. The Labute approximate surface area is 85.5 Å². The lowest BCUT2D eigenvalue weighted by atomic mass is 10.0. The van der Waals surface area contributed by atoms with Crippen LogP contribution < -0.4 is 0 Å². The standard InChI is InChI=1S/C11H20O3/c1-11(2,3)14-10(13)7-8-5-4-6-9(8)12/h8-9,12H,4-7H2,1-3H3/t8-,9+/m1/s1. The van der Waals surface area contributed by atoms with E-state index in [1.807, 2.05) is 20.8 Å². The van der Waals surface area contributed by atoms with Gasteiger partial charge in [-0.15, -0.1) is 0 Å². The summed E-state index contributed by atoms with van der Waals surface area (Å²) in [6.07, 6.45) is 2.85. The lowest BCUT2D eigenvalue weighted by Gasteiger charge is -2.21. The van der Waals surface area contributed by atoms with Gasteiger partial charge in [-0.1, -0.05) is 6.42 Å². The van der Waals surface area contributed by atoms with E-state index in [-0.39, 0.29) is 18.0 Å². The summed E-state index contributed by atoms with van der Waals surface area (Å²) in [6, 6.07) is 0. The lowest BCUT2D eigenvalue weighted by molar-refractivity contribution is -0.156. The number of esters is 1. The summed E-state index contributed by atoms with van der Waals surface area (Å²) < 4.78 is 5.20. The van der Waals surface area contributed by atoms with Gasteiger partial charge >= 0.3 is 5.97 Å². The van der Waals surface area contributed by atoms with Crippen molar-refractivity contribution in [1.29, 1.82) is 0 Å². The second kappa shape index (κ2) is 4.30. The Morgan fingerprint density at radius 1 is 1.43 bits per heavy atom. The van der Waals surface area contributed by atoms with Gasteiger partial charge in [0.25, 0.3) is 0 Å². The van der Waals surface area contributed by atoms with Crippen LogP contribution in [-0.4, -0.2) is 22.8 Å². The smallest absolute Gasteiger partial charge is 0.306 e. The SMILES string of the molecule is CC(C)(C)OC(=O)C[C@H]1CCC[C@@H]1O. The summed E-state index contributed by atoms with van der Waals surface area (Å²) in [6.45, 7) is 5.57. The van der Waals surface area contributed by atoms with Crippen molar-refractivity contribution in [1.82, 2.24) is 0 Å². The van der Waals surface area contributed by atoms with Gasteiger partial charge < -0.3 is 9.84 Å². The Balaban J connectivity index is 2.33. The van der Waals surface area contributed by atoms with E-state index >= 15 is 0 Å². The van der Waals surface area contributed by atoms with E-state index in [0.29, 0.717) is 6.42 Å². The quantitative estimate of drug-likeness (QED) is 0.692. The molecule has 2 atom stereocenters. The van der Waals surface area contributed by atoms with Crippen LogP contribution >= 0.6 is 0 Å². The van der Waals surface area contributed by atoms with Gasteiger partial charge in [-0.3, -0.25) is 4.79 Å². The van der Waals surface area contributed by atoms with Crippen molar-refractivity contribution in [2.75, 3.05) is 0 Å². The predicted molar refractivity (Wildman–Crippen MR) is 53.8 cm³/mol. The topological polar surface area (TPSA) is 46.5 Å². The molecule has 0 aromatic rings. The highest BCUT2D eigenvalue weighted by molar-refractivity contribution is 5.70. The maximum Gasteiger partial charge on any atom is 0.306 e. The fourth-order valence-electron chi connectivity index (χ4n) is 1.85. The highest BCUT2D eigenvalue weighted by Crippen LogP contribution is 2.28. The molecule has 3 nitrogen and oxygen atoms in total. The molecular formula is C11H20O3. The van der Waals surface area contributed by atoms with Gasteiger partial charge in [0.1, 0.15) is 5.60 Å². The monoisotopic (exact) mass is 200 g/mol. The Morgan fingerprint density at radius 2 is 2.07 bits per heavy atom. The van der Waals surface area contributed by atoms with Crippen LogP contribution in [0.3, 0.4) is 0 Å². The number of carbonyl (C=O) groups is 1. The third-order valence-corrected chi connectivity index (χ3v) is 2.47. The lowest BCUT2D eigenvalue weighted by Crippen LogP contribution is -2.26. The normalized spacial score (nSPS) is 27.7. The van der Waals surface area contributed by atoms with Crippen LogP contribution in [0.25, 0.3) is 0 Å². The van der Waals surface area contributed by atoms with Crippen LogP contribution in [0.2, 0.25) is 0 Å². The fraction of sp³-hybridized carbons (Fsp3) is 0.909. The van der Waals surface area contributed by atoms with E-state index < -0.39 is 5.60 Å². The van der Waals surface area contributed by atoms with Crippen molar-refractivity contribution < 1.29 is 14.6 Å². The zero-order chi connectivity index (χ0) is 10.8. The highest BCUT2D eigenvalue weighted by atomic mass is 16.6. The third-order valence-electron chi connectivity index (χ3n) is 2.47. The van der Waals surface area contributed by atoms with Crippen LogP contribution in [-0.2, 0) is 9.53 Å². The average molecular weight is 200 g/mol. The molecule has 82 valence electrons. The maximum absolute atomic E-state index is 11.4. The van der Waals surface area contributed by atoms with Gasteiger partial charge in [-0.2, -0.15) is 0 Å². The zero-order valence-electron chi connectivity index (χ0n) is 9.25. The zero-order valence-corrected chi connectivity index (χ0v) is 9.25. The molecule has 14 heavy (non-hydrogen) atoms. The first-order valence-electron chi connectivity index (χ1n) is 5.28. The van der Waals surface area contributed by atoms with E-state index in [1.165, 1.54) is 0 Å². The first kappa shape index (κ1) is 11.5. The number of carbonyl (C=O) groups excluding carboxylic acids is 1. The molecule has 1 saturated carbocycles. The minimum Gasteiger partial charge on any atom is -0.460 e. The Bertz CT molecular complexity index is 205. The number of ether oxygens (including phenoxy) is 1. The number of aliphatic hydroxyl groups is 1. The number of hydrogen-bond donors (Lipinski definition) is 1. The average Bonchev–Trinajstić information content (AvgIpc) is 2.32. The van der Waals surface area contributed by atoms with Gasteiger partial charge in [0, 0.05) is 0 Å². The molecule has 1 aliphatic rings. The van der Waals surface area contributed by atoms with E-state index in [0.717, 1.165) is 19.3 Å². The molecule has 0 saturated heterocycles. The summed E-state index contributed by atoms with van der Waals surface area (Å²) >= 11 is 0. The molecule has 3 heteroatoms. The number of hydrogen-bond acceptors (Lipinski definition) is 3. The van der Waals surface area contributed by atoms with Gasteiger partial charge in [0.2, 0.25) is 0 Å². The molecule has 0 bridgehead atoms. The second-order valence-corrected chi connectivity index (χ2v) is 5.05. The van der Waals surface area contributed by atoms with Crippen molar-refractivity contribution in [3.63, 3.8) is 0 Å². The van der Waals surface area contributed by atoms with Gasteiger partial charge in [-0.25, -0.2) is 0 Å². The van der Waals surface area contributed by atoms with Gasteiger partial charge in [0.15, 0.2) is 0 Å². The summed E-state index contributed by atoms with van der Waals surface area (Å²) in [7, 11) is 0. The van der Waals surface area contributed by atoms with Crippen LogP contribution in [0.5, 0.6) is 0 Å². The number of rotatable bonds is 2. The molecule has 0 heterocycles. The maximum atomic E-state index is 11.4. The molecule has 0 aromatic carbocycles. The van der Waals surface area contributed by atoms with Crippen molar-refractivity contribution in [3.05, 3.63) is 0 Å². The molecule has 0 aromatic heterocycles. The molecule has 1 fully saturated rings. The van der Waals surface area contributed by atoms with Gasteiger partial charge in [0.05, 0.1) is 12.5 Å². The van der Waals surface area contributed by atoms with Gasteiger partial charge in [-0.05, 0) is 39.5 Å². The molecule has 0 radical (unpaired) electrons. The van der Waals surface area contributed by atoms with E-state index in [4.69, 9.17) is 4.74 Å². The summed E-state index contributed by atoms with van der Waals surface area (Å²) in [4.78, 5) is 11.4. The highest BCUT2D eigenvalue weighted by Gasteiger charge is 2.29.